The van der Waals surface area contributed by atoms with Gasteiger partial charge in [-0.3, -0.25) is 0 Å². The van der Waals surface area contributed by atoms with Crippen LogP contribution < -0.4 is 5.32 Å². The van der Waals surface area contributed by atoms with Crippen LogP contribution in [0.3, 0.4) is 0 Å². The summed E-state index contributed by atoms with van der Waals surface area (Å²) >= 11 is 5.10. The Bertz CT molecular complexity index is 499. The van der Waals surface area contributed by atoms with Crippen LogP contribution >= 0.6 is 27.3 Å². The maximum Gasteiger partial charge on any atom is 0.124 e. The molecule has 0 amide bonds. The van der Waals surface area contributed by atoms with Gasteiger partial charge in [-0.1, -0.05) is 22.0 Å². The maximum absolute atomic E-state index is 12.9. The van der Waals surface area contributed by atoms with Crippen molar-refractivity contribution in [1.82, 2.24) is 5.32 Å². The van der Waals surface area contributed by atoms with Crippen LogP contribution in [0.4, 0.5) is 4.39 Å². The number of hydrogen-bond acceptors (Lipinski definition) is 2. The van der Waals surface area contributed by atoms with Crippen molar-refractivity contribution in [1.29, 1.82) is 0 Å². The summed E-state index contributed by atoms with van der Waals surface area (Å²) in [5.74, 6) is -0.211. The molecule has 0 fully saturated rings. The van der Waals surface area contributed by atoms with Gasteiger partial charge < -0.3 is 5.32 Å². The largest absolute Gasteiger partial charge is 0.310 e. The number of nitrogens with one attached hydrogen (secondary N) is 1. The Morgan fingerprint density at radius 2 is 2.22 bits per heavy atom. The molecule has 0 aliphatic rings. The third kappa shape index (κ3) is 3.90. The zero-order chi connectivity index (χ0) is 13.0. The van der Waals surface area contributed by atoms with Crippen LogP contribution in [0, 0.1) is 5.82 Å². The van der Waals surface area contributed by atoms with E-state index < -0.39 is 0 Å². The fourth-order valence-corrected chi connectivity index (χ4v) is 2.96. The predicted octanol–water partition coefficient (Wildman–Crippen LogP) is 4.37. The van der Waals surface area contributed by atoms with Gasteiger partial charge in [-0.05, 0) is 53.4 Å². The molecule has 1 aromatic heterocycles. The molecule has 1 nitrogen and oxygen atoms in total. The Kier molecular flexibility index (Phi) is 4.92. The Hall–Kier alpha value is -0.710. The van der Waals surface area contributed by atoms with Crippen molar-refractivity contribution in [2.24, 2.45) is 0 Å². The van der Waals surface area contributed by atoms with Crippen LogP contribution in [0.2, 0.25) is 0 Å². The third-order valence-electron chi connectivity index (χ3n) is 2.78. The second-order valence-electron chi connectivity index (χ2n) is 4.35. The summed E-state index contributed by atoms with van der Waals surface area (Å²) in [6, 6.07) is 7.35. The van der Waals surface area contributed by atoms with Gasteiger partial charge in [-0.25, -0.2) is 4.39 Å². The maximum atomic E-state index is 12.9. The summed E-state index contributed by atoms with van der Waals surface area (Å²) in [6.45, 7) is 2.90. The molecule has 2 aromatic rings. The Labute approximate surface area is 119 Å². The molecule has 0 spiro atoms. The van der Waals surface area contributed by atoms with Gasteiger partial charge in [0.1, 0.15) is 5.82 Å². The molecular formula is C14H15BrFNS. The van der Waals surface area contributed by atoms with Gasteiger partial charge in [0.25, 0.3) is 0 Å². The predicted molar refractivity (Wildman–Crippen MR) is 78.4 cm³/mol. The van der Waals surface area contributed by atoms with Crippen molar-refractivity contribution in [2.45, 2.75) is 25.9 Å². The first-order chi connectivity index (χ1) is 8.65. The minimum absolute atomic E-state index is 0.211. The molecule has 0 saturated carbocycles. The van der Waals surface area contributed by atoms with Crippen LogP contribution in [0.1, 0.15) is 18.1 Å². The van der Waals surface area contributed by atoms with Crippen LogP contribution in [0.5, 0.6) is 0 Å². The molecule has 1 unspecified atom stereocenters. The van der Waals surface area contributed by atoms with Crippen LogP contribution in [-0.2, 0) is 13.0 Å². The minimum Gasteiger partial charge on any atom is -0.310 e. The highest BCUT2D eigenvalue weighted by atomic mass is 79.9. The summed E-state index contributed by atoms with van der Waals surface area (Å²) in [4.78, 5) is 0. The van der Waals surface area contributed by atoms with Gasteiger partial charge in [0.2, 0.25) is 0 Å². The summed E-state index contributed by atoms with van der Waals surface area (Å²) in [6.07, 6.45) is 1.02. The van der Waals surface area contributed by atoms with Crippen molar-refractivity contribution in [3.8, 4) is 0 Å². The van der Waals surface area contributed by atoms with Gasteiger partial charge in [0.05, 0.1) is 0 Å². The fraction of sp³-hybridized carbons (Fsp3) is 0.286. The normalized spacial score (nSPS) is 12.6. The van der Waals surface area contributed by atoms with Gasteiger partial charge in [0, 0.05) is 17.1 Å². The first kappa shape index (κ1) is 13.7. The molecule has 0 radical (unpaired) electrons. The van der Waals surface area contributed by atoms with E-state index in [1.165, 1.54) is 17.7 Å². The summed E-state index contributed by atoms with van der Waals surface area (Å²) in [7, 11) is 0. The molecule has 2 rings (SSSR count). The van der Waals surface area contributed by atoms with Crippen molar-refractivity contribution in [3.05, 3.63) is 56.4 Å². The highest BCUT2D eigenvalue weighted by Crippen LogP contribution is 2.18. The van der Waals surface area contributed by atoms with E-state index in [1.54, 1.807) is 11.3 Å². The molecule has 0 bridgehead atoms. The van der Waals surface area contributed by atoms with E-state index in [2.05, 4.69) is 45.0 Å². The fourth-order valence-electron chi connectivity index (χ4n) is 1.78. The number of benzene rings is 1. The summed E-state index contributed by atoms with van der Waals surface area (Å²) in [5.41, 5.74) is 2.44. The van der Waals surface area contributed by atoms with Crippen molar-refractivity contribution >= 4 is 27.3 Å². The van der Waals surface area contributed by atoms with E-state index in [0.29, 0.717) is 6.04 Å². The zero-order valence-corrected chi connectivity index (χ0v) is 12.5. The molecule has 0 saturated heterocycles. The minimum atomic E-state index is -0.211. The average molecular weight is 328 g/mol. The monoisotopic (exact) mass is 327 g/mol. The lowest BCUT2D eigenvalue weighted by Crippen LogP contribution is -2.27. The lowest BCUT2D eigenvalue weighted by atomic mass is 10.1. The molecule has 1 aromatic carbocycles. The van der Waals surface area contributed by atoms with Crippen LogP contribution in [0.15, 0.2) is 39.5 Å². The van der Waals surface area contributed by atoms with E-state index in [9.17, 15) is 4.39 Å². The van der Waals surface area contributed by atoms with E-state index in [4.69, 9.17) is 0 Å². The number of rotatable bonds is 5. The smallest absolute Gasteiger partial charge is 0.124 e. The first-order valence-electron chi connectivity index (χ1n) is 5.83. The van der Waals surface area contributed by atoms with Gasteiger partial charge in [-0.15, -0.1) is 0 Å². The Morgan fingerprint density at radius 1 is 1.39 bits per heavy atom. The SMILES string of the molecule is CC(Cc1ccsc1)NCc1ccc(F)cc1Br. The zero-order valence-electron chi connectivity index (χ0n) is 10.1. The van der Waals surface area contributed by atoms with Crippen LogP contribution in [0.25, 0.3) is 0 Å². The molecule has 1 atom stereocenters. The quantitative estimate of drug-likeness (QED) is 0.859. The topological polar surface area (TPSA) is 12.0 Å². The Balaban J connectivity index is 1.87. The van der Waals surface area contributed by atoms with Crippen molar-refractivity contribution in [2.75, 3.05) is 0 Å². The van der Waals surface area contributed by atoms with Gasteiger partial charge >= 0.3 is 0 Å². The lowest BCUT2D eigenvalue weighted by Gasteiger charge is -2.14. The molecular weight excluding hydrogens is 313 g/mol. The van der Waals surface area contributed by atoms with E-state index in [0.717, 1.165) is 23.0 Å². The van der Waals surface area contributed by atoms with E-state index in [1.807, 2.05) is 6.07 Å². The second kappa shape index (κ2) is 6.45. The molecule has 1 heterocycles. The molecule has 4 heteroatoms. The number of halogens is 2. The van der Waals surface area contributed by atoms with Gasteiger partial charge in [0.15, 0.2) is 0 Å². The molecule has 18 heavy (non-hydrogen) atoms. The Morgan fingerprint density at radius 3 is 2.89 bits per heavy atom. The van der Waals surface area contributed by atoms with Crippen molar-refractivity contribution < 1.29 is 4.39 Å². The number of thiophene rings is 1. The van der Waals surface area contributed by atoms with E-state index >= 15 is 0 Å². The first-order valence-corrected chi connectivity index (χ1v) is 7.57. The molecule has 0 aliphatic heterocycles. The highest BCUT2D eigenvalue weighted by Gasteiger charge is 2.06. The van der Waals surface area contributed by atoms with Gasteiger partial charge in [-0.2, -0.15) is 11.3 Å². The molecule has 0 aliphatic carbocycles. The lowest BCUT2D eigenvalue weighted by molar-refractivity contribution is 0.544. The number of hydrogen-bond donors (Lipinski definition) is 1. The standard InChI is InChI=1S/C14H15BrFNS/c1-10(6-11-4-5-18-9-11)17-8-12-2-3-13(16)7-14(12)15/h2-5,7,9-10,17H,6,8H2,1H3. The third-order valence-corrected chi connectivity index (χ3v) is 4.25. The van der Waals surface area contributed by atoms with Crippen molar-refractivity contribution in [3.63, 3.8) is 0 Å². The molecule has 96 valence electrons. The second-order valence-corrected chi connectivity index (χ2v) is 5.99. The summed E-state index contributed by atoms with van der Waals surface area (Å²) in [5, 5.41) is 7.72. The molecule has 1 N–H and O–H groups in total. The van der Waals surface area contributed by atoms with Crippen LogP contribution in [-0.4, -0.2) is 6.04 Å². The highest BCUT2D eigenvalue weighted by molar-refractivity contribution is 9.10. The average Bonchev–Trinajstić information content (AvgIpc) is 2.80. The van der Waals surface area contributed by atoms with E-state index in [-0.39, 0.29) is 5.82 Å². The summed E-state index contributed by atoms with van der Waals surface area (Å²) < 4.78 is 13.8.